The van der Waals surface area contributed by atoms with Crippen LogP contribution in [0.1, 0.15) is 19.3 Å². The Morgan fingerprint density at radius 1 is 1.27 bits per heavy atom. The number of hydrogen-bond acceptors (Lipinski definition) is 2. The summed E-state index contributed by atoms with van der Waals surface area (Å²) in [4.78, 5) is 2.26. The predicted molar refractivity (Wildman–Crippen MR) is 46.7 cm³/mol. The minimum Gasteiger partial charge on any atom is -0.381 e. The maximum absolute atomic E-state index is 5.29. The van der Waals surface area contributed by atoms with E-state index in [1.165, 1.54) is 25.8 Å². The Bertz CT molecular complexity index is 97.7. The van der Waals surface area contributed by atoms with E-state index in [1.54, 1.807) is 0 Å². The summed E-state index contributed by atoms with van der Waals surface area (Å²) in [5.41, 5.74) is 0. The minimum atomic E-state index is 0.922. The summed E-state index contributed by atoms with van der Waals surface area (Å²) in [6, 6.07) is 0. The fourth-order valence-corrected chi connectivity index (χ4v) is 1.48. The highest BCUT2D eigenvalue weighted by atomic mass is 16.5. The molecule has 0 aromatic carbocycles. The molecule has 0 atom stereocenters. The van der Waals surface area contributed by atoms with Crippen molar-refractivity contribution in [1.29, 1.82) is 0 Å². The molecule has 0 aromatic heterocycles. The zero-order chi connectivity index (χ0) is 8.10. The van der Waals surface area contributed by atoms with E-state index >= 15 is 0 Å². The molecule has 1 aliphatic rings. The molecule has 0 aliphatic carbocycles. The molecule has 0 unspecified atom stereocenters. The first-order valence-corrected chi connectivity index (χ1v) is 4.51. The van der Waals surface area contributed by atoms with Gasteiger partial charge in [0.15, 0.2) is 0 Å². The van der Waals surface area contributed by atoms with E-state index in [9.17, 15) is 0 Å². The first kappa shape index (κ1) is 9.01. The molecular weight excluding hydrogens is 138 g/mol. The van der Waals surface area contributed by atoms with Crippen molar-refractivity contribution in [3.8, 4) is 0 Å². The maximum atomic E-state index is 5.29. The Morgan fingerprint density at radius 2 is 1.91 bits per heavy atom. The zero-order valence-corrected chi connectivity index (χ0v) is 7.68. The molecule has 2 heteroatoms. The summed E-state index contributed by atoms with van der Waals surface area (Å²) in [6.07, 6.45) is 3.89. The van der Waals surface area contributed by atoms with Crippen LogP contribution in [0.3, 0.4) is 0 Å². The molecule has 1 fully saturated rings. The lowest BCUT2D eigenvalue weighted by Gasteiger charge is -2.23. The zero-order valence-electron chi connectivity index (χ0n) is 7.68. The summed E-state index contributed by atoms with van der Waals surface area (Å²) < 4.78 is 5.29. The van der Waals surface area contributed by atoms with Gasteiger partial charge < -0.3 is 9.64 Å². The number of nitrogens with zero attached hydrogens (tertiary/aromatic N) is 1. The topological polar surface area (TPSA) is 12.5 Å². The van der Waals surface area contributed by atoms with Crippen LogP contribution in [0.15, 0.2) is 0 Å². The van der Waals surface area contributed by atoms with E-state index in [0.717, 1.165) is 19.1 Å². The highest BCUT2D eigenvalue weighted by molar-refractivity contribution is 4.64. The van der Waals surface area contributed by atoms with Gasteiger partial charge in [0.1, 0.15) is 0 Å². The second kappa shape index (κ2) is 4.73. The SMILES string of the molecule is CN(C)CCC1CCOCC1. The third-order valence-corrected chi connectivity index (χ3v) is 2.33. The molecular formula is C9H19NO. The summed E-state index contributed by atoms with van der Waals surface area (Å²) in [6.45, 7) is 3.20. The molecule has 0 radical (unpaired) electrons. The van der Waals surface area contributed by atoms with Crippen molar-refractivity contribution in [2.24, 2.45) is 5.92 Å². The van der Waals surface area contributed by atoms with Crippen LogP contribution in [0, 0.1) is 5.92 Å². The molecule has 0 bridgehead atoms. The second-order valence-electron chi connectivity index (χ2n) is 3.65. The molecule has 66 valence electrons. The average Bonchev–Trinajstić information content (AvgIpc) is 2.03. The lowest BCUT2D eigenvalue weighted by molar-refractivity contribution is 0.0617. The van der Waals surface area contributed by atoms with Crippen LogP contribution in [0.4, 0.5) is 0 Å². The highest BCUT2D eigenvalue weighted by Gasteiger charge is 2.12. The Balaban J connectivity index is 2.05. The molecule has 0 saturated carbocycles. The average molecular weight is 157 g/mol. The van der Waals surface area contributed by atoms with E-state index in [1.807, 2.05) is 0 Å². The van der Waals surface area contributed by atoms with Gasteiger partial charge in [-0.25, -0.2) is 0 Å². The van der Waals surface area contributed by atoms with Crippen LogP contribution in [0.2, 0.25) is 0 Å². The van der Waals surface area contributed by atoms with Crippen LogP contribution in [-0.4, -0.2) is 38.8 Å². The quantitative estimate of drug-likeness (QED) is 0.613. The van der Waals surface area contributed by atoms with Crippen LogP contribution >= 0.6 is 0 Å². The van der Waals surface area contributed by atoms with Crippen LogP contribution < -0.4 is 0 Å². The highest BCUT2D eigenvalue weighted by Crippen LogP contribution is 2.17. The first-order chi connectivity index (χ1) is 5.29. The van der Waals surface area contributed by atoms with Gasteiger partial charge in [0.25, 0.3) is 0 Å². The second-order valence-corrected chi connectivity index (χ2v) is 3.65. The lowest BCUT2D eigenvalue weighted by Crippen LogP contribution is -2.21. The fraction of sp³-hybridized carbons (Fsp3) is 1.00. The number of ether oxygens (including phenoxy) is 1. The van der Waals surface area contributed by atoms with Crippen molar-refractivity contribution in [2.45, 2.75) is 19.3 Å². The Morgan fingerprint density at radius 3 is 2.45 bits per heavy atom. The fourth-order valence-electron chi connectivity index (χ4n) is 1.48. The largest absolute Gasteiger partial charge is 0.381 e. The number of rotatable bonds is 3. The Labute approximate surface area is 69.5 Å². The molecule has 0 N–H and O–H groups in total. The van der Waals surface area contributed by atoms with E-state index < -0.39 is 0 Å². The molecule has 0 amide bonds. The monoisotopic (exact) mass is 157 g/mol. The van der Waals surface area contributed by atoms with Gasteiger partial charge in [0, 0.05) is 13.2 Å². The summed E-state index contributed by atoms with van der Waals surface area (Å²) in [5, 5.41) is 0. The smallest absolute Gasteiger partial charge is 0.0468 e. The Kier molecular flexibility index (Phi) is 3.87. The van der Waals surface area contributed by atoms with Crippen molar-refractivity contribution in [3.63, 3.8) is 0 Å². The lowest BCUT2D eigenvalue weighted by atomic mass is 9.96. The molecule has 1 aliphatic heterocycles. The molecule has 0 spiro atoms. The summed E-state index contributed by atoms with van der Waals surface area (Å²) in [5.74, 6) is 0.922. The molecule has 0 aromatic rings. The van der Waals surface area contributed by atoms with E-state index in [0.29, 0.717) is 0 Å². The van der Waals surface area contributed by atoms with Gasteiger partial charge in [-0.2, -0.15) is 0 Å². The van der Waals surface area contributed by atoms with Gasteiger partial charge in [0.2, 0.25) is 0 Å². The van der Waals surface area contributed by atoms with Crippen molar-refractivity contribution in [3.05, 3.63) is 0 Å². The van der Waals surface area contributed by atoms with Gasteiger partial charge in [0.05, 0.1) is 0 Å². The van der Waals surface area contributed by atoms with Crippen LogP contribution in [-0.2, 0) is 4.74 Å². The third kappa shape index (κ3) is 3.73. The summed E-state index contributed by atoms with van der Waals surface area (Å²) in [7, 11) is 4.28. The van der Waals surface area contributed by atoms with Gasteiger partial charge in [-0.3, -0.25) is 0 Å². The van der Waals surface area contributed by atoms with Gasteiger partial charge in [-0.15, -0.1) is 0 Å². The minimum absolute atomic E-state index is 0.922. The number of hydrogen-bond donors (Lipinski definition) is 0. The molecule has 2 nitrogen and oxygen atoms in total. The molecule has 1 saturated heterocycles. The third-order valence-electron chi connectivity index (χ3n) is 2.33. The molecule has 11 heavy (non-hydrogen) atoms. The summed E-state index contributed by atoms with van der Waals surface area (Å²) >= 11 is 0. The van der Waals surface area contributed by atoms with Crippen molar-refractivity contribution in [1.82, 2.24) is 4.90 Å². The van der Waals surface area contributed by atoms with Gasteiger partial charge in [-0.1, -0.05) is 0 Å². The predicted octanol–water partition coefficient (Wildman–Crippen LogP) is 1.36. The molecule has 1 heterocycles. The normalized spacial score (nSPS) is 21.0. The Hall–Kier alpha value is -0.0800. The maximum Gasteiger partial charge on any atom is 0.0468 e. The van der Waals surface area contributed by atoms with E-state index in [-0.39, 0.29) is 0 Å². The van der Waals surface area contributed by atoms with Gasteiger partial charge >= 0.3 is 0 Å². The van der Waals surface area contributed by atoms with E-state index in [4.69, 9.17) is 4.74 Å². The standard InChI is InChI=1S/C9H19NO/c1-10(2)6-3-9-4-7-11-8-5-9/h9H,3-8H2,1-2H3. The van der Waals surface area contributed by atoms with Crippen molar-refractivity contribution in [2.75, 3.05) is 33.9 Å². The first-order valence-electron chi connectivity index (χ1n) is 4.51. The van der Waals surface area contributed by atoms with Crippen molar-refractivity contribution >= 4 is 0 Å². The van der Waals surface area contributed by atoms with Crippen molar-refractivity contribution < 1.29 is 4.74 Å². The molecule has 1 rings (SSSR count). The van der Waals surface area contributed by atoms with Crippen LogP contribution in [0.5, 0.6) is 0 Å². The van der Waals surface area contributed by atoms with E-state index in [2.05, 4.69) is 19.0 Å². The van der Waals surface area contributed by atoms with Crippen LogP contribution in [0.25, 0.3) is 0 Å². The van der Waals surface area contributed by atoms with Gasteiger partial charge in [-0.05, 0) is 45.8 Å².